The molecule has 1 aromatic carbocycles. The molecule has 2 heterocycles. The molecule has 6 nitrogen and oxygen atoms in total. The molecule has 0 radical (unpaired) electrons. The van der Waals surface area contributed by atoms with Gasteiger partial charge in [0.05, 0.1) is 5.92 Å². The number of carboxylic acid groups (broad SMARTS) is 1. The number of rotatable bonds is 4. The lowest BCUT2D eigenvalue weighted by molar-refractivity contribution is -0.143. The number of carboxylic acids is 1. The van der Waals surface area contributed by atoms with Crippen LogP contribution in [-0.2, 0) is 11.2 Å². The normalized spacial score (nSPS) is 19.0. The van der Waals surface area contributed by atoms with Gasteiger partial charge < -0.3 is 20.2 Å². The molecular formula is C18H25N3O3. The summed E-state index contributed by atoms with van der Waals surface area (Å²) in [6.07, 6.45) is 2.13. The van der Waals surface area contributed by atoms with Gasteiger partial charge >= 0.3 is 12.0 Å². The molecule has 0 bridgehead atoms. The number of fused-ring (bicyclic) bond motifs is 1. The molecule has 2 amide bonds. The molecule has 1 atom stereocenters. The Balaban J connectivity index is 1.48. The monoisotopic (exact) mass is 331 g/mol. The smallest absolute Gasteiger partial charge is 0.317 e. The summed E-state index contributed by atoms with van der Waals surface area (Å²) in [6, 6.07) is 8.56. The number of anilines is 1. The van der Waals surface area contributed by atoms with Gasteiger partial charge in [0.1, 0.15) is 0 Å². The molecule has 0 aliphatic carbocycles. The van der Waals surface area contributed by atoms with Crippen molar-refractivity contribution in [3.8, 4) is 0 Å². The maximum atomic E-state index is 12.3. The predicted octanol–water partition coefficient (Wildman–Crippen LogP) is 1.94. The fraction of sp³-hybridized carbons (Fsp3) is 0.556. The van der Waals surface area contributed by atoms with Crippen molar-refractivity contribution in [3.05, 3.63) is 29.8 Å². The van der Waals surface area contributed by atoms with Crippen molar-refractivity contribution in [1.82, 2.24) is 10.2 Å². The third kappa shape index (κ3) is 3.47. The van der Waals surface area contributed by atoms with Gasteiger partial charge in [0.15, 0.2) is 0 Å². The van der Waals surface area contributed by atoms with Gasteiger partial charge in [-0.2, -0.15) is 0 Å². The Hall–Kier alpha value is -2.24. The number of nitrogens with zero attached hydrogens (tertiary/aromatic N) is 2. The summed E-state index contributed by atoms with van der Waals surface area (Å²) in [6.45, 7) is 4.74. The molecule has 2 aliphatic heterocycles. The van der Waals surface area contributed by atoms with Crippen LogP contribution in [0.5, 0.6) is 0 Å². The topological polar surface area (TPSA) is 72.9 Å². The fourth-order valence-corrected chi connectivity index (χ4v) is 3.61. The number of hydrogen-bond acceptors (Lipinski definition) is 3. The minimum Gasteiger partial charge on any atom is -0.481 e. The Bertz CT molecular complexity index is 611. The summed E-state index contributed by atoms with van der Waals surface area (Å²) in [5.41, 5.74) is 2.63. The number of aliphatic carboxylic acids is 1. The number of carbonyl (C=O) groups is 2. The van der Waals surface area contributed by atoms with E-state index in [-0.39, 0.29) is 18.0 Å². The van der Waals surface area contributed by atoms with Gasteiger partial charge in [0, 0.05) is 37.9 Å². The molecular weight excluding hydrogens is 306 g/mol. The van der Waals surface area contributed by atoms with E-state index in [4.69, 9.17) is 5.11 Å². The van der Waals surface area contributed by atoms with E-state index in [1.807, 2.05) is 0 Å². The second-order valence-electron chi connectivity index (χ2n) is 6.71. The van der Waals surface area contributed by atoms with Crippen molar-refractivity contribution in [3.63, 3.8) is 0 Å². The van der Waals surface area contributed by atoms with E-state index in [1.165, 1.54) is 11.3 Å². The number of likely N-dealkylation sites (tertiary alicyclic amines) is 1. The zero-order valence-electron chi connectivity index (χ0n) is 14.1. The summed E-state index contributed by atoms with van der Waals surface area (Å²) in [4.78, 5) is 27.3. The lowest BCUT2D eigenvalue weighted by atomic mass is 9.97. The van der Waals surface area contributed by atoms with E-state index >= 15 is 0 Å². The van der Waals surface area contributed by atoms with E-state index in [9.17, 15) is 9.59 Å². The number of carbonyl (C=O) groups excluding carboxylic acids is 1. The van der Waals surface area contributed by atoms with E-state index in [0.29, 0.717) is 32.5 Å². The van der Waals surface area contributed by atoms with Crippen LogP contribution in [-0.4, -0.2) is 54.2 Å². The highest BCUT2D eigenvalue weighted by molar-refractivity contribution is 5.75. The Morgan fingerprint density at radius 2 is 1.96 bits per heavy atom. The minimum absolute atomic E-state index is 0.0850. The maximum absolute atomic E-state index is 12.3. The highest BCUT2D eigenvalue weighted by Gasteiger charge is 2.28. The van der Waals surface area contributed by atoms with Crippen LogP contribution in [0, 0.1) is 5.92 Å². The molecule has 0 saturated carbocycles. The van der Waals surface area contributed by atoms with Crippen LogP contribution in [0.25, 0.3) is 0 Å². The largest absolute Gasteiger partial charge is 0.481 e. The van der Waals surface area contributed by atoms with E-state index < -0.39 is 5.97 Å². The van der Waals surface area contributed by atoms with Crippen LogP contribution < -0.4 is 10.2 Å². The summed E-state index contributed by atoms with van der Waals surface area (Å²) in [7, 11) is 0. The van der Waals surface area contributed by atoms with Crippen LogP contribution in [0.3, 0.4) is 0 Å². The van der Waals surface area contributed by atoms with Crippen molar-refractivity contribution in [2.45, 2.75) is 32.2 Å². The lowest BCUT2D eigenvalue weighted by Gasteiger charge is -2.32. The number of hydrogen-bond donors (Lipinski definition) is 2. The minimum atomic E-state index is -0.753. The highest BCUT2D eigenvalue weighted by atomic mass is 16.4. The van der Waals surface area contributed by atoms with Gasteiger partial charge in [0.25, 0.3) is 0 Å². The summed E-state index contributed by atoms with van der Waals surface area (Å²) in [5.74, 6) is -1.06. The van der Waals surface area contributed by atoms with Gasteiger partial charge in [-0.1, -0.05) is 18.2 Å². The molecule has 2 aliphatic rings. The molecule has 3 rings (SSSR count). The molecule has 1 unspecified atom stereocenters. The van der Waals surface area contributed by atoms with Crippen molar-refractivity contribution in [2.24, 2.45) is 5.92 Å². The molecule has 1 saturated heterocycles. The molecule has 24 heavy (non-hydrogen) atoms. The molecule has 2 N–H and O–H groups in total. The van der Waals surface area contributed by atoms with Gasteiger partial charge in [-0.25, -0.2) is 4.79 Å². The van der Waals surface area contributed by atoms with Gasteiger partial charge in [0.2, 0.25) is 0 Å². The Morgan fingerprint density at radius 3 is 2.67 bits per heavy atom. The number of para-hydroxylation sites is 1. The summed E-state index contributed by atoms with van der Waals surface area (Å²) in [5, 5.41) is 12.0. The zero-order valence-corrected chi connectivity index (χ0v) is 14.1. The van der Waals surface area contributed by atoms with Crippen LogP contribution >= 0.6 is 0 Å². The third-order valence-corrected chi connectivity index (χ3v) is 5.14. The molecule has 1 fully saturated rings. The molecule has 6 heteroatoms. The van der Waals surface area contributed by atoms with Crippen molar-refractivity contribution in [2.75, 3.05) is 31.1 Å². The highest BCUT2D eigenvalue weighted by Crippen LogP contribution is 2.28. The summed E-state index contributed by atoms with van der Waals surface area (Å²) >= 11 is 0. The van der Waals surface area contributed by atoms with Crippen molar-refractivity contribution >= 4 is 17.7 Å². The SMILES string of the molecule is CC(CNC(=O)N1CCC(C(=O)O)CC1)N1CCc2ccccc21. The van der Waals surface area contributed by atoms with Gasteiger partial charge in [-0.05, 0) is 37.8 Å². The average Bonchev–Trinajstić information content (AvgIpc) is 3.03. The second kappa shape index (κ2) is 7.11. The first-order valence-corrected chi connectivity index (χ1v) is 8.66. The van der Waals surface area contributed by atoms with Crippen LogP contribution in [0.4, 0.5) is 10.5 Å². The number of benzene rings is 1. The molecule has 130 valence electrons. The average molecular weight is 331 g/mol. The number of nitrogens with one attached hydrogen (secondary N) is 1. The Kier molecular flexibility index (Phi) is 4.92. The number of piperidine rings is 1. The van der Waals surface area contributed by atoms with Crippen molar-refractivity contribution < 1.29 is 14.7 Å². The number of amides is 2. The first kappa shape index (κ1) is 16.6. The van der Waals surface area contributed by atoms with Crippen LogP contribution in [0.2, 0.25) is 0 Å². The molecule has 1 aromatic rings. The van der Waals surface area contributed by atoms with E-state index in [2.05, 4.69) is 41.4 Å². The number of urea groups is 1. The summed E-state index contributed by atoms with van der Waals surface area (Å²) < 4.78 is 0. The maximum Gasteiger partial charge on any atom is 0.317 e. The Labute approximate surface area is 142 Å². The standard InChI is InChI=1S/C18H25N3O3/c1-13(21-11-8-14-4-2-3-5-16(14)21)12-19-18(24)20-9-6-15(7-10-20)17(22)23/h2-5,13,15H,6-12H2,1H3,(H,19,24)(H,22,23). The molecule has 0 spiro atoms. The van der Waals surface area contributed by atoms with E-state index in [1.54, 1.807) is 4.90 Å². The zero-order chi connectivity index (χ0) is 17.1. The van der Waals surface area contributed by atoms with Gasteiger partial charge in [-0.3, -0.25) is 4.79 Å². The second-order valence-corrected chi connectivity index (χ2v) is 6.71. The quantitative estimate of drug-likeness (QED) is 0.884. The van der Waals surface area contributed by atoms with Crippen LogP contribution in [0.1, 0.15) is 25.3 Å². The van der Waals surface area contributed by atoms with E-state index in [0.717, 1.165) is 13.0 Å². The predicted molar refractivity (Wildman–Crippen MR) is 92.3 cm³/mol. The van der Waals surface area contributed by atoms with Crippen LogP contribution in [0.15, 0.2) is 24.3 Å². The van der Waals surface area contributed by atoms with Gasteiger partial charge in [-0.15, -0.1) is 0 Å². The lowest BCUT2D eigenvalue weighted by Crippen LogP contribution is -2.49. The molecule has 0 aromatic heterocycles. The van der Waals surface area contributed by atoms with Crippen molar-refractivity contribution in [1.29, 1.82) is 0 Å². The first-order chi connectivity index (χ1) is 11.6. The first-order valence-electron chi connectivity index (χ1n) is 8.66. The fourth-order valence-electron chi connectivity index (χ4n) is 3.61. The third-order valence-electron chi connectivity index (χ3n) is 5.14. The Morgan fingerprint density at radius 1 is 1.25 bits per heavy atom.